The second kappa shape index (κ2) is 6.48. The Labute approximate surface area is 107 Å². The molecular weight excluding hydrogens is 237 g/mol. The van der Waals surface area contributed by atoms with Gasteiger partial charge < -0.3 is 14.8 Å². The highest BCUT2D eigenvalue weighted by Crippen LogP contribution is 2.27. The van der Waals surface area contributed by atoms with Crippen molar-refractivity contribution in [3.63, 3.8) is 0 Å². The summed E-state index contributed by atoms with van der Waals surface area (Å²) in [4.78, 5) is 11.4. The lowest BCUT2D eigenvalue weighted by Gasteiger charge is -2.27. The van der Waals surface area contributed by atoms with Gasteiger partial charge in [-0.15, -0.1) is 0 Å². The Bertz CT molecular complexity index is 279. The van der Waals surface area contributed by atoms with E-state index in [1.165, 1.54) is 7.11 Å². The fourth-order valence-electron chi connectivity index (χ4n) is 2.78. The van der Waals surface area contributed by atoms with Crippen molar-refractivity contribution in [2.45, 2.75) is 50.4 Å². The molecule has 1 aliphatic carbocycles. The summed E-state index contributed by atoms with van der Waals surface area (Å²) in [7, 11) is 1.43. The number of esters is 1. The number of halogens is 1. The number of rotatable bonds is 4. The minimum Gasteiger partial charge on any atom is -0.469 e. The Balaban J connectivity index is 1.63. The third-order valence-electron chi connectivity index (χ3n) is 3.91. The standard InChI is InChI=1S/C13H22FNO3/c1-17-13(16)9-2-4-12(5-3-9)18-8-11-6-10(14)7-15-11/h9-12,15H,2-8H2,1H3. The molecule has 0 bridgehead atoms. The van der Waals surface area contributed by atoms with Crippen LogP contribution >= 0.6 is 0 Å². The van der Waals surface area contributed by atoms with Gasteiger partial charge in [0.1, 0.15) is 6.17 Å². The van der Waals surface area contributed by atoms with E-state index in [-0.39, 0.29) is 24.0 Å². The van der Waals surface area contributed by atoms with Gasteiger partial charge >= 0.3 is 5.97 Å². The Hall–Kier alpha value is -0.680. The fourth-order valence-corrected chi connectivity index (χ4v) is 2.78. The van der Waals surface area contributed by atoms with Gasteiger partial charge in [0.15, 0.2) is 0 Å². The van der Waals surface area contributed by atoms with Crippen LogP contribution < -0.4 is 5.32 Å². The Morgan fingerprint density at radius 1 is 1.33 bits per heavy atom. The monoisotopic (exact) mass is 259 g/mol. The van der Waals surface area contributed by atoms with Crippen LogP contribution in [0, 0.1) is 5.92 Å². The third kappa shape index (κ3) is 3.65. The van der Waals surface area contributed by atoms with Gasteiger partial charge in [-0.3, -0.25) is 4.79 Å². The van der Waals surface area contributed by atoms with Crippen LogP contribution in [0.5, 0.6) is 0 Å². The van der Waals surface area contributed by atoms with Gasteiger partial charge in [0.2, 0.25) is 0 Å². The molecule has 1 N–H and O–H groups in total. The number of carbonyl (C=O) groups is 1. The fraction of sp³-hybridized carbons (Fsp3) is 0.923. The summed E-state index contributed by atoms with van der Waals surface area (Å²) in [5.74, 6) is -0.0686. The van der Waals surface area contributed by atoms with Crippen molar-refractivity contribution in [3.05, 3.63) is 0 Å². The van der Waals surface area contributed by atoms with Gasteiger partial charge in [0, 0.05) is 12.6 Å². The molecule has 0 aromatic carbocycles. The van der Waals surface area contributed by atoms with Crippen LogP contribution in [0.2, 0.25) is 0 Å². The molecule has 1 aliphatic heterocycles. The van der Waals surface area contributed by atoms with Gasteiger partial charge in [-0.2, -0.15) is 0 Å². The summed E-state index contributed by atoms with van der Waals surface area (Å²) in [5, 5.41) is 3.11. The number of hydrogen-bond acceptors (Lipinski definition) is 4. The first kappa shape index (κ1) is 13.7. The van der Waals surface area contributed by atoms with Crippen molar-refractivity contribution in [2.24, 2.45) is 5.92 Å². The molecule has 2 aliphatic rings. The van der Waals surface area contributed by atoms with Gasteiger partial charge in [-0.05, 0) is 32.1 Å². The highest BCUT2D eigenvalue weighted by atomic mass is 19.1. The van der Waals surface area contributed by atoms with Gasteiger partial charge in [-0.25, -0.2) is 4.39 Å². The van der Waals surface area contributed by atoms with E-state index in [0.29, 0.717) is 19.6 Å². The average Bonchev–Trinajstić information content (AvgIpc) is 2.82. The molecule has 1 saturated carbocycles. The lowest BCUT2D eigenvalue weighted by molar-refractivity contribution is -0.147. The third-order valence-corrected chi connectivity index (χ3v) is 3.91. The molecule has 2 atom stereocenters. The number of ether oxygens (including phenoxy) is 2. The lowest BCUT2D eigenvalue weighted by atomic mass is 9.87. The second-order valence-corrected chi connectivity index (χ2v) is 5.27. The summed E-state index contributed by atoms with van der Waals surface area (Å²) in [6.45, 7) is 1.02. The van der Waals surface area contributed by atoms with Crippen LogP contribution in [0.4, 0.5) is 4.39 Å². The van der Waals surface area contributed by atoms with Crippen LogP contribution in [0.1, 0.15) is 32.1 Å². The van der Waals surface area contributed by atoms with Crippen LogP contribution in [-0.4, -0.2) is 44.5 Å². The Kier molecular flexibility index (Phi) is 4.95. The van der Waals surface area contributed by atoms with E-state index in [9.17, 15) is 9.18 Å². The minimum atomic E-state index is -0.728. The van der Waals surface area contributed by atoms with E-state index in [4.69, 9.17) is 9.47 Å². The van der Waals surface area contributed by atoms with Crippen molar-refractivity contribution in [1.29, 1.82) is 0 Å². The molecule has 1 saturated heterocycles. The number of carbonyl (C=O) groups excluding carboxylic acids is 1. The van der Waals surface area contributed by atoms with E-state index >= 15 is 0 Å². The van der Waals surface area contributed by atoms with Crippen LogP contribution in [0.3, 0.4) is 0 Å². The van der Waals surface area contributed by atoms with E-state index in [2.05, 4.69) is 5.32 Å². The van der Waals surface area contributed by atoms with Gasteiger partial charge in [0.05, 0.1) is 25.7 Å². The van der Waals surface area contributed by atoms with E-state index in [0.717, 1.165) is 25.7 Å². The molecule has 0 radical (unpaired) electrons. The number of hydrogen-bond donors (Lipinski definition) is 1. The Morgan fingerprint density at radius 2 is 2.06 bits per heavy atom. The minimum absolute atomic E-state index is 0.0367. The summed E-state index contributed by atoms with van der Waals surface area (Å²) in [5.41, 5.74) is 0. The van der Waals surface area contributed by atoms with Crippen molar-refractivity contribution in [2.75, 3.05) is 20.3 Å². The maximum absolute atomic E-state index is 12.9. The summed E-state index contributed by atoms with van der Waals surface area (Å²) >= 11 is 0. The molecule has 18 heavy (non-hydrogen) atoms. The smallest absolute Gasteiger partial charge is 0.308 e. The average molecular weight is 259 g/mol. The molecule has 2 fully saturated rings. The van der Waals surface area contributed by atoms with Crippen molar-refractivity contribution in [1.82, 2.24) is 5.32 Å². The predicted octanol–water partition coefficient (Wildman–Crippen LogP) is 1.43. The van der Waals surface area contributed by atoms with E-state index in [1.54, 1.807) is 0 Å². The molecule has 2 rings (SSSR count). The number of methoxy groups -OCH3 is 1. The first-order chi connectivity index (χ1) is 8.69. The lowest BCUT2D eigenvalue weighted by Crippen LogP contribution is -2.32. The van der Waals surface area contributed by atoms with Crippen LogP contribution in [0.15, 0.2) is 0 Å². The van der Waals surface area contributed by atoms with Crippen molar-refractivity contribution >= 4 is 5.97 Å². The first-order valence-corrected chi connectivity index (χ1v) is 6.76. The van der Waals surface area contributed by atoms with Crippen molar-refractivity contribution in [3.8, 4) is 0 Å². The highest BCUT2D eigenvalue weighted by Gasteiger charge is 2.29. The number of alkyl halides is 1. The summed E-state index contributed by atoms with van der Waals surface area (Å²) < 4.78 is 23.5. The SMILES string of the molecule is COC(=O)C1CCC(OCC2CC(F)CN2)CC1. The topological polar surface area (TPSA) is 47.6 Å². The van der Waals surface area contributed by atoms with Crippen LogP contribution in [-0.2, 0) is 14.3 Å². The molecule has 4 nitrogen and oxygen atoms in total. The largest absolute Gasteiger partial charge is 0.469 e. The second-order valence-electron chi connectivity index (χ2n) is 5.27. The van der Waals surface area contributed by atoms with Gasteiger partial charge in [-0.1, -0.05) is 0 Å². The zero-order valence-corrected chi connectivity index (χ0v) is 10.9. The normalized spacial score (nSPS) is 36.6. The molecule has 5 heteroatoms. The molecule has 1 heterocycles. The van der Waals surface area contributed by atoms with E-state index in [1.807, 2.05) is 0 Å². The van der Waals surface area contributed by atoms with E-state index < -0.39 is 6.17 Å². The summed E-state index contributed by atoms with van der Waals surface area (Å²) in [6.07, 6.45) is 3.50. The summed E-state index contributed by atoms with van der Waals surface area (Å²) in [6, 6.07) is 0.151. The molecular formula is C13H22FNO3. The maximum atomic E-state index is 12.9. The van der Waals surface area contributed by atoms with Crippen molar-refractivity contribution < 1.29 is 18.7 Å². The molecule has 2 unspecified atom stereocenters. The molecule has 0 aromatic heterocycles. The zero-order valence-electron chi connectivity index (χ0n) is 10.9. The quantitative estimate of drug-likeness (QED) is 0.776. The van der Waals surface area contributed by atoms with Crippen LogP contribution in [0.25, 0.3) is 0 Å². The molecule has 0 aromatic rings. The predicted molar refractivity (Wildman–Crippen MR) is 65.0 cm³/mol. The highest BCUT2D eigenvalue weighted by molar-refractivity contribution is 5.72. The first-order valence-electron chi connectivity index (χ1n) is 6.76. The maximum Gasteiger partial charge on any atom is 0.308 e. The molecule has 0 spiro atoms. The number of nitrogens with one attached hydrogen (secondary N) is 1. The molecule has 0 amide bonds. The van der Waals surface area contributed by atoms with Gasteiger partial charge in [0.25, 0.3) is 0 Å². The zero-order chi connectivity index (χ0) is 13.0. The Morgan fingerprint density at radius 3 is 2.61 bits per heavy atom. The molecule has 104 valence electrons.